The van der Waals surface area contributed by atoms with Crippen molar-refractivity contribution in [3.05, 3.63) is 60.2 Å². The molecule has 4 N–H and O–H groups in total. The largest absolute Gasteiger partial charge is 0.457 e. The van der Waals surface area contributed by atoms with Crippen LogP contribution in [0.2, 0.25) is 0 Å². The van der Waals surface area contributed by atoms with Gasteiger partial charge in [0.15, 0.2) is 21.8 Å². The van der Waals surface area contributed by atoms with Crippen molar-refractivity contribution in [2.75, 3.05) is 17.7 Å². The van der Waals surface area contributed by atoms with Gasteiger partial charge in [0.1, 0.15) is 16.2 Å². The molecule has 0 bridgehead atoms. The van der Waals surface area contributed by atoms with Gasteiger partial charge in [0.05, 0.1) is 12.1 Å². The Morgan fingerprint density at radius 1 is 1.06 bits per heavy atom. The predicted molar refractivity (Wildman–Crippen MR) is 127 cm³/mol. The lowest BCUT2D eigenvalue weighted by Gasteiger charge is -2.24. The summed E-state index contributed by atoms with van der Waals surface area (Å²) in [5.74, 6) is 2.87. The highest BCUT2D eigenvalue weighted by atomic mass is 32.2. The number of aromatic nitrogens is 3. The second-order valence-corrected chi connectivity index (χ2v) is 9.55. The van der Waals surface area contributed by atoms with Crippen LogP contribution in [0.1, 0.15) is 19.4 Å². The summed E-state index contributed by atoms with van der Waals surface area (Å²) in [5, 5.41) is 13.9. The maximum atomic E-state index is 9.63. The standard InChI is InChI=1S/C22H23N5O2S2/c1-22(2,13-28)27-19-17-18(24-20(23)31-17)25-21(26-19)30-12-14-7-6-10-16(11-14)29-15-8-4-3-5-9-15/h3-11,28H,12-13H2,1-2H3,(H3,23,24,25,26,27). The first kappa shape index (κ1) is 21.4. The molecule has 7 nitrogen and oxygen atoms in total. The number of benzene rings is 2. The lowest BCUT2D eigenvalue weighted by Crippen LogP contribution is -2.35. The summed E-state index contributed by atoms with van der Waals surface area (Å²) < 4.78 is 6.70. The maximum absolute atomic E-state index is 9.63. The zero-order valence-corrected chi connectivity index (χ0v) is 18.8. The molecule has 0 aliphatic rings. The van der Waals surface area contributed by atoms with E-state index in [-0.39, 0.29) is 6.61 Å². The number of nitrogens with one attached hydrogen (secondary N) is 1. The van der Waals surface area contributed by atoms with Crippen LogP contribution in [0.25, 0.3) is 10.3 Å². The summed E-state index contributed by atoms with van der Waals surface area (Å²) in [7, 11) is 0. The van der Waals surface area contributed by atoms with Gasteiger partial charge in [-0.2, -0.15) is 0 Å². The van der Waals surface area contributed by atoms with E-state index in [9.17, 15) is 5.11 Å². The molecule has 0 aliphatic carbocycles. The molecule has 4 aromatic rings. The Hall–Kier alpha value is -2.88. The SMILES string of the molecule is CC(C)(CO)Nc1nc(SCc2cccc(Oc3ccccc3)c2)nc2nc(N)sc12. The van der Waals surface area contributed by atoms with Crippen molar-refractivity contribution in [2.24, 2.45) is 0 Å². The van der Waals surface area contributed by atoms with Crippen LogP contribution in [0.3, 0.4) is 0 Å². The fourth-order valence-electron chi connectivity index (χ4n) is 2.80. The lowest BCUT2D eigenvalue weighted by molar-refractivity contribution is 0.234. The highest BCUT2D eigenvalue weighted by Gasteiger charge is 2.21. The fraction of sp³-hybridized carbons (Fsp3) is 0.227. The Labute approximate surface area is 188 Å². The molecule has 4 rings (SSSR count). The topological polar surface area (TPSA) is 106 Å². The number of aliphatic hydroxyl groups is 1. The maximum Gasteiger partial charge on any atom is 0.191 e. The average molecular weight is 454 g/mol. The Balaban J connectivity index is 1.53. The molecular weight excluding hydrogens is 430 g/mol. The molecule has 31 heavy (non-hydrogen) atoms. The van der Waals surface area contributed by atoms with E-state index in [4.69, 9.17) is 10.5 Å². The number of hydrogen-bond donors (Lipinski definition) is 3. The van der Waals surface area contributed by atoms with Crippen LogP contribution in [0.4, 0.5) is 10.9 Å². The molecule has 9 heteroatoms. The molecule has 0 amide bonds. The van der Waals surface area contributed by atoms with Crippen LogP contribution in [0, 0.1) is 0 Å². The first-order chi connectivity index (χ1) is 14.9. The minimum Gasteiger partial charge on any atom is -0.457 e. The Morgan fingerprint density at radius 2 is 1.84 bits per heavy atom. The molecule has 0 fully saturated rings. The molecule has 0 spiro atoms. The first-order valence-corrected chi connectivity index (χ1v) is 11.5. The number of ether oxygens (including phenoxy) is 1. The molecule has 0 aliphatic heterocycles. The molecule has 0 saturated carbocycles. The van der Waals surface area contributed by atoms with Gasteiger partial charge in [-0.25, -0.2) is 15.0 Å². The van der Waals surface area contributed by atoms with Gasteiger partial charge in [0.25, 0.3) is 0 Å². The van der Waals surface area contributed by atoms with Crippen LogP contribution in [-0.2, 0) is 5.75 Å². The number of thiazole rings is 1. The molecule has 160 valence electrons. The normalized spacial score (nSPS) is 11.6. The van der Waals surface area contributed by atoms with Crippen molar-refractivity contribution < 1.29 is 9.84 Å². The van der Waals surface area contributed by atoms with E-state index in [0.717, 1.165) is 21.8 Å². The van der Waals surface area contributed by atoms with E-state index in [2.05, 4.69) is 20.3 Å². The van der Waals surface area contributed by atoms with E-state index >= 15 is 0 Å². The van der Waals surface area contributed by atoms with Gasteiger partial charge in [-0.3, -0.25) is 0 Å². The van der Waals surface area contributed by atoms with Gasteiger partial charge in [0, 0.05) is 5.75 Å². The number of para-hydroxylation sites is 1. The molecule has 0 saturated heterocycles. The van der Waals surface area contributed by atoms with Gasteiger partial charge in [-0.05, 0) is 43.7 Å². The zero-order chi connectivity index (χ0) is 21.8. The number of nitrogens with two attached hydrogens (primary N) is 1. The number of thioether (sulfide) groups is 1. The highest BCUT2D eigenvalue weighted by Crippen LogP contribution is 2.33. The molecule has 0 radical (unpaired) electrons. The molecular formula is C22H23N5O2S2. The second kappa shape index (κ2) is 9.09. The Morgan fingerprint density at radius 3 is 2.61 bits per heavy atom. The molecule has 2 aromatic heterocycles. The predicted octanol–water partition coefficient (Wildman–Crippen LogP) is 4.94. The van der Waals surface area contributed by atoms with E-state index < -0.39 is 5.54 Å². The van der Waals surface area contributed by atoms with Crippen molar-refractivity contribution >= 4 is 44.4 Å². The number of anilines is 2. The number of aliphatic hydroxyl groups excluding tert-OH is 1. The van der Waals surface area contributed by atoms with Gasteiger partial charge in [-0.1, -0.05) is 53.4 Å². The van der Waals surface area contributed by atoms with Gasteiger partial charge >= 0.3 is 0 Å². The number of rotatable bonds is 8. The van der Waals surface area contributed by atoms with Crippen LogP contribution in [0.5, 0.6) is 11.5 Å². The van der Waals surface area contributed by atoms with Crippen molar-refractivity contribution in [2.45, 2.75) is 30.3 Å². The monoisotopic (exact) mass is 453 g/mol. The van der Waals surface area contributed by atoms with Gasteiger partial charge in [0.2, 0.25) is 0 Å². The first-order valence-electron chi connectivity index (χ1n) is 9.69. The Kier molecular flexibility index (Phi) is 6.26. The van der Waals surface area contributed by atoms with Crippen molar-refractivity contribution in [1.29, 1.82) is 0 Å². The molecule has 0 unspecified atom stereocenters. The fourth-order valence-corrected chi connectivity index (χ4v) is 4.30. The van der Waals surface area contributed by atoms with E-state index in [0.29, 0.717) is 27.5 Å². The molecule has 2 aromatic carbocycles. The lowest BCUT2D eigenvalue weighted by atomic mass is 10.1. The number of nitrogen functional groups attached to an aromatic ring is 1. The average Bonchev–Trinajstić information content (AvgIpc) is 3.14. The van der Waals surface area contributed by atoms with E-state index in [1.807, 2.05) is 68.4 Å². The third-order valence-electron chi connectivity index (χ3n) is 4.35. The quantitative estimate of drug-likeness (QED) is 0.255. The highest BCUT2D eigenvalue weighted by molar-refractivity contribution is 7.98. The van der Waals surface area contributed by atoms with E-state index in [1.165, 1.54) is 23.1 Å². The summed E-state index contributed by atoms with van der Waals surface area (Å²) in [6.45, 7) is 3.76. The zero-order valence-electron chi connectivity index (χ0n) is 17.2. The van der Waals surface area contributed by atoms with Crippen molar-refractivity contribution in [1.82, 2.24) is 15.0 Å². The number of nitrogens with zero attached hydrogens (tertiary/aromatic N) is 3. The summed E-state index contributed by atoms with van der Waals surface area (Å²) in [6, 6.07) is 17.6. The molecule has 0 atom stereocenters. The van der Waals surface area contributed by atoms with Crippen molar-refractivity contribution in [3.63, 3.8) is 0 Å². The van der Waals surface area contributed by atoms with Crippen LogP contribution < -0.4 is 15.8 Å². The van der Waals surface area contributed by atoms with Gasteiger partial charge in [-0.15, -0.1) is 0 Å². The third kappa shape index (κ3) is 5.43. The minimum atomic E-state index is -0.537. The second-order valence-electron chi connectivity index (χ2n) is 7.58. The van der Waals surface area contributed by atoms with Gasteiger partial charge < -0.3 is 20.9 Å². The third-order valence-corrected chi connectivity index (χ3v) is 6.15. The summed E-state index contributed by atoms with van der Waals surface area (Å²) in [4.78, 5) is 13.5. The summed E-state index contributed by atoms with van der Waals surface area (Å²) in [5.41, 5.74) is 7.00. The minimum absolute atomic E-state index is 0.0382. The number of fused-ring (bicyclic) bond motifs is 1. The van der Waals surface area contributed by atoms with E-state index in [1.54, 1.807) is 0 Å². The smallest absolute Gasteiger partial charge is 0.191 e. The van der Waals surface area contributed by atoms with Crippen molar-refractivity contribution in [3.8, 4) is 11.5 Å². The van der Waals surface area contributed by atoms with Crippen LogP contribution in [-0.4, -0.2) is 32.2 Å². The Bertz CT molecular complexity index is 1180. The van der Waals surface area contributed by atoms with Crippen LogP contribution >= 0.6 is 23.1 Å². The number of hydrogen-bond acceptors (Lipinski definition) is 9. The summed E-state index contributed by atoms with van der Waals surface area (Å²) in [6.07, 6.45) is 0. The molecule has 2 heterocycles. The summed E-state index contributed by atoms with van der Waals surface area (Å²) >= 11 is 2.83. The van der Waals surface area contributed by atoms with Crippen LogP contribution in [0.15, 0.2) is 59.8 Å².